The van der Waals surface area contributed by atoms with Gasteiger partial charge in [-0.15, -0.1) is 0 Å². The number of hydrogen-bond acceptors (Lipinski definition) is 3. The highest BCUT2D eigenvalue weighted by Crippen LogP contribution is 2.46. The van der Waals surface area contributed by atoms with E-state index >= 15 is 0 Å². The Morgan fingerprint density at radius 3 is 1.92 bits per heavy atom. The molecule has 2 aromatic rings. The second kappa shape index (κ2) is 13.9. The third-order valence-electron chi connectivity index (χ3n) is 8.48. The molecule has 0 amide bonds. The van der Waals surface area contributed by atoms with Gasteiger partial charge in [0.2, 0.25) is 8.32 Å². The fourth-order valence-corrected chi connectivity index (χ4v) is 12.2. The van der Waals surface area contributed by atoms with Crippen LogP contribution in [0.2, 0.25) is 16.6 Å². The minimum absolute atomic E-state index is 0.0865. The van der Waals surface area contributed by atoms with Crippen LogP contribution < -0.4 is 0 Å². The molecule has 1 aliphatic rings. The van der Waals surface area contributed by atoms with Crippen LogP contribution in [-0.4, -0.2) is 51.5 Å². The normalized spacial score (nSPS) is 20.1. The summed E-state index contributed by atoms with van der Waals surface area (Å²) in [5.41, 5.74) is 4.11. The van der Waals surface area contributed by atoms with Gasteiger partial charge in [-0.1, -0.05) is 116 Å². The van der Waals surface area contributed by atoms with E-state index in [1.165, 1.54) is 5.56 Å². The maximum atomic E-state index is 7.56. The van der Waals surface area contributed by atoms with Crippen molar-refractivity contribution in [1.29, 1.82) is 0 Å². The average molecular weight is 537 g/mol. The van der Waals surface area contributed by atoms with Crippen LogP contribution in [0.3, 0.4) is 0 Å². The van der Waals surface area contributed by atoms with Crippen molar-refractivity contribution in [3.05, 3.63) is 71.8 Å². The molecule has 0 aromatic heterocycles. The fourth-order valence-electron chi connectivity index (χ4n) is 6.65. The zero-order valence-electron chi connectivity index (χ0n) is 25.4. The predicted octanol–water partition coefficient (Wildman–Crippen LogP) is 8.50. The Bertz CT molecular complexity index is 969. The quantitative estimate of drug-likeness (QED) is 0.164. The van der Waals surface area contributed by atoms with Crippen molar-refractivity contribution < 1.29 is 9.16 Å². The van der Waals surface area contributed by atoms with Crippen molar-refractivity contribution in [3.63, 3.8) is 0 Å². The molecule has 5 heteroatoms. The number of likely N-dealkylation sites (tertiary alicyclic amines) is 1. The minimum atomic E-state index is -2.08. The maximum Gasteiger partial charge on any atom is 0.200 e. The molecule has 2 aromatic carbocycles. The molecule has 1 aliphatic heterocycles. The van der Waals surface area contributed by atoms with Crippen molar-refractivity contribution in [2.75, 3.05) is 20.3 Å². The molecule has 0 unspecified atom stereocenters. The van der Waals surface area contributed by atoms with Gasteiger partial charge in [-0.25, -0.2) is 0 Å². The van der Waals surface area contributed by atoms with Gasteiger partial charge in [-0.05, 0) is 40.9 Å². The SMILES string of the molecule is COC[C@@H](N=C(c1ccccc1)N1CCC[C@H](O[Si](C(C)C)(C(C)C)C(C)C)[C@H]1c1ccccc1)C(C)C. The van der Waals surface area contributed by atoms with Gasteiger partial charge in [0.15, 0.2) is 0 Å². The molecule has 0 radical (unpaired) electrons. The van der Waals surface area contributed by atoms with Gasteiger partial charge >= 0.3 is 0 Å². The Morgan fingerprint density at radius 1 is 0.868 bits per heavy atom. The van der Waals surface area contributed by atoms with Gasteiger partial charge in [-0.2, -0.15) is 0 Å². The largest absolute Gasteiger partial charge is 0.411 e. The lowest BCUT2D eigenvalue weighted by Gasteiger charge is -2.50. The molecule has 0 saturated carbocycles. The van der Waals surface area contributed by atoms with E-state index in [1.807, 2.05) is 0 Å². The molecule has 3 rings (SSSR count). The molecule has 0 bridgehead atoms. The van der Waals surface area contributed by atoms with Gasteiger partial charge in [0.25, 0.3) is 0 Å². The number of ether oxygens (including phenoxy) is 1. The monoisotopic (exact) mass is 536 g/mol. The third-order valence-corrected chi connectivity index (χ3v) is 14.6. The molecule has 210 valence electrons. The highest BCUT2D eigenvalue weighted by molar-refractivity contribution is 6.77. The molecule has 3 atom stereocenters. The van der Waals surface area contributed by atoms with Crippen molar-refractivity contribution in [3.8, 4) is 0 Å². The highest BCUT2D eigenvalue weighted by Gasteiger charge is 2.49. The van der Waals surface area contributed by atoms with E-state index in [4.69, 9.17) is 14.2 Å². The number of benzene rings is 2. The fraction of sp³-hybridized carbons (Fsp3) is 0.606. The van der Waals surface area contributed by atoms with Crippen LogP contribution in [0.15, 0.2) is 65.7 Å². The highest BCUT2D eigenvalue weighted by atomic mass is 28.4. The van der Waals surface area contributed by atoms with Crippen LogP contribution in [0.25, 0.3) is 0 Å². The molecule has 0 N–H and O–H groups in total. The molecule has 1 heterocycles. The van der Waals surface area contributed by atoms with Crippen LogP contribution in [0.5, 0.6) is 0 Å². The van der Waals surface area contributed by atoms with E-state index < -0.39 is 8.32 Å². The summed E-state index contributed by atoms with van der Waals surface area (Å²) in [5, 5.41) is 0. The number of hydrogen-bond donors (Lipinski definition) is 0. The van der Waals surface area contributed by atoms with Crippen LogP contribution in [0, 0.1) is 5.92 Å². The van der Waals surface area contributed by atoms with E-state index in [0.29, 0.717) is 29.1 Å². The molecule has 38 heavy (non-hydrogen) atoms. The summed E-state index contributed by atoms with van der Waals surface area (Å²) in [4.78, 5) is 8.00. The number of methoxy groups -OCH3 is 1. The molecular formula is C33H52N2O2Si. The zero-order chi connectivity index (χ0) is 27.9. The topological polar surface area (TPSA) is 34.1 Å². The van der Waals surface area contributed by atoms with E-state index in [-0.39, 0.29) is 18.2 Å². The van der Waals surface area contributed by atoms with E-state index in [1.54, 1.807) is 7.11 Å². The number of piperidine rings is 1. The second-order valence-electron chi connectivity index (χ2n) is 12.3. The van der Waals surface area contributed by atoms with Crippen molar-refractivity contribution in [2.24, 2.45) is 10.9 Å². The summed E-state index contributed by atoms with van der Waals surface area (Å²) < 4.78 is 13.2. The summed E-state index contributed by atoms with van der Waals surface area (Å²) in [6, 6.07) is 21.9. The number of amidine groups is 1. The Labute approximate surface area is 234 Å². The molecule has 1 saturated heterocycles. The smallest absolute Gasteiger partial charge is 0.200 e. The van der Waals surface area contributed by atoms with Gasteiger partial charge < -0.3 is 14.1 Å². The Balaban J connectivity index is 2.18. The summed E-state index contributed by atoms with van der Waals surface area (Å²) in [6.07, 6.45) is 2.29. The van der Waals surface area contributed by atoms with Crippen molar-refractivity contribution in [2.45, 2.75) is 103 Å². The summed E-state index contributed by atoms with van der Waals surface area (Å²) in [5.74, 6) is 1.44. The lowest BCUT2D eigenvalue weighted by Crippen LogP contribution is -2.55. The summed E-state index contributed by atoms with van der Waals surface area (Å²) >= 11 is 0. The average Bonchev–Trinajstić information content (AvgIpc) is 2.89. The van der Waals surface area contributed by atoms with Crippen molar-refractivity contribution >= 4 is 14.2 Å². The minimum Gasteiger partial charge on any atom is -0.411 e. The van der Waals surface area contributed by atoms with Crippen LogP contribution in [0.4, 0.5) is 0 Å². The van der Waals surface area contributed by atoms with Crippen LogP contribution in [0.1, 0.15) is 85.4 Å². The third kappa shape index (κ3) is 6.78. The first-order valence-electron chi connectivity index (χ1n) is 14.7. The Morgan fingerprint density at radius 2 is 1.42 bits per heavy atom. The molecule has 1 fully saturated rings. The number of aliphatic imine (C=N–C) groups is 1. The van der Waals surface area contributed by atoms with Crippen LogP contribution >= 0.6 is 0 Å². The Kier molecular flexibility index (Phi) is 11.2. The Hall–Kier alpha value is -1.95. The second-order valence-corrected chi connectivity index (χ2v) is 17.7. The van der Waals surface area contributed by atoms with E-state index in [0.717, 1.165) is 30.8 Å². The first-order valence-corrected chi connectivity index (χ1v) is 16.9. The zero-order valence-corrected chi connectivity index (χ0v) is 26.4. The maximum absolute atomic E-state index is 7.56. The lowest BCUT2D eigenvalue weighted by atomic mass is 9.91. The van der Waals surface area contributed by atoms with Gasteiger partial charge in [-0.3, -0.25) is 4.99 Å². The standard InChI is InChI=1S/C33H52N2O2Si/c1-24(2)30(23-36-9)34-33(29-19-14-11-15-20-29)35-22-16-21-31(32(35)28-17-12-10-13-18-28)37-38(25(3)4,26(5)6)27(7)8/h10-15,17-20,24-27,30-32H,16,21-23H2,1-9H3/t30-,31+,32-/m1/s1. The number of rotatable bonds is 11. The first-order chi connectivity index (χ1) is 18.1. The number of nitrogens with zero attached hydrogens (tertiary/aromatic N) is 2. The predicted molar refractivity (Wildman–Crippen MR) is 165 cm³/mol. The molecule has 0 aliphatic carbocycles. The molecule has 4 nitrogen and oxygen atoms in total. The lowest BCUT2D eigenvalue weighted by molar-refractivity contribution is 0.0506. The first kappa shape index (κ1) is 30.6. The summed E-state index contributed by atoms with van der Waals surface area (Å²) in [6.45, 7) is 20.4. The van der Waals surface area contributed by atoms with Crippen molar-refractivity contribution in [1.82, 2.24) is 4.90 Å². The van der Waals surface area contributed by atoms with Crippen LogP contribution in [-0.2, 0) is 9.16 Å². The van der Waals surface area contributed by atoms with E-state index in [9.17, 15) is 0 Å². The van der Waals surface area contributed by atoms with Gasteiger partial charge in [0.05, 0.1) is 24.8 Å². The molecular weight excluding hydrogens is 484 g/mol. The summed E-state index contributed by atoms with van der Waals surface area (Å²) in [7, 11) is -0.306. The van der Waals surface area contributed by atoms with Gasteiger partial charge in [0, 0.05) is 19.2 Å². The molecule has 0 spiro atoms. The van der Waals surface area contributed by atoms with E-state index in [2.05, 4.69) is 121 Å². The van der Waals surface area contributed by atoms with Gasteiger partial charge in [0.1, 0.15) is 5.84 Å².